The van der Waals surface area contributed by atoms with Crippen LogP contribution in [0.3, 0.4) is 0 Å². The molecule has 1 fully saturated rings. The zero-order valence-corrected chi connectivity index (χ0v) is 10.6. The predicted octanol–water partition coefficient (Wildman–Crippen LogP) is 1.82. The molecule has 1 rings (SSSR count). The van der Waals surface area contributed by atoms with E-state index in [-0.39, 0.29) is 24.5 Å². The lowest BCUT2D eigenvalue weighted by Gasteiger charge is -2.25. The van der Waals surface area contributed by atoms with Crippen molar-refractivity contribution in [3.63, 3.8) is 0 Å². The fourth-order valence-corrected chi connectivity index (χ4v) is 2.28. The number of hydrogen-bond acceptors (Lipinski definition) is 2. The van der Waals surface area contributed by atoms with Crippen molar-refractivity contribution >= 4 is 12.0 Å². The molecule has 2 atom stereocenters. The lowest BCUT2D eigenvalue weighted by atomic mass is 10.1. The van der Waals surface area contributed by atoms with E-state index in [1.165, 1.54) is 0 Å². The summed E-state index contributed by atoms with van der Waals surface area (Å²) in [7, 11) is 0. The van der Waals surface area contributed by atoms with E-state index < -0.39 is 5.97 Å². The van der Waals surface area contributed by atoms with E-state index in [1.54, 1.807) is 4.90 Å². The molecule has 1 aliphatic heterocycles. The number of nitrogens with one attached hydrogen (secondary N) is 1. The van der Waals surface area contributed by atoms with Crippen molar-refractivity contribution in [3.05, 3.63) is 0 Å². The first-order valence-corrected chi connectivity index (χ1v) is 6.33. The van der Waals surface area contributed by atoms with Gasteiger partial charge in [0.15, 0.2) is 0 Å². The monoisotopic (exact) mass is 242 g/mol. The maximum atomic E-state index is 11.9. The van der Waals surface area contributed by atoms with Gasteiger partial charge in [0.1, 0.15) is 0 Å². The van der Waals surface area contributed by atoms with Gasteiger partial charge >= 0.3 is 12.0 Å². The van der Waals surface area contributed by atoms with E-state index >= 15 is 0 Å². The number of carboxylic acid groups (broad SMARTS) is 1. The van der Waals surface area contributed by atoms with Crippen LogP contribution >= 0.6 is 0 Å². The van der Waals surface area contributed by atoms with Gasteiger partial charge in [-0.1, -0.05) is 13.3 Å². The van der Waals surface area contributed by atoms with Crippen molar-refractivity contribution in [1.82, 2.24) is 10.2 Å². The Morgan fingerprint density at radius 2 is 2.24 bits per heavy atom. The molecule has 0 saturated carbocycles. The average molecular weight is 242 g/mol. The number of amides is 2. The van der Waals surface area contributed by atoms with Gasteiger partial charge in [-0.25, -0.2) is 4.79 Å². The lowest BCUT2D eigenvalue weighted by Crippen LogP contribution is -2.46. The molecule has 5 nitrogen and oxygen atoms in total. The van der Waals surface area contributed by atoms with E-state index in [9.17, 15) is 9.59 Å². The molecular formula is C12H22N2O3. The SMILES string of the molecule is CCCC(CC(=O)O)NC(=O)N1CCCC1C. The highest BCUT2D eigenvalue weighted by molar-refractivity contribution is 5.76. The molecule has 2 N–H and O–H groups in total. The minimum Gasteiger partial charge on any atom is -0.481 e. The Balaban J connectivity index is 2.47. The largest absolute Gasteiger partial charge is 0.481 e. The van der Waals surface area contributed by atoms with Crippen LogP contribution in [0.2, 0.25) is 0 Å². The van der Waals surface area contributed by atoms with Crippen molar-refractivity contribution in [2.24, 2.45) is 0 Å². The normalized spacial score (nSPS) is 21.3. The van der Waals surface area contributed by atoms with Gasteiger partial charge < -0.3 is 15.3 Å². The van der Waals surface area contributed by atoms with Crippen molar-refractivity contribution in [3.8, 4) is 0 Å². The Morgan fingerprint density at radius 3 is 2.71 bits per heavy atom. The Kier molecular flexibility index (Phi) is 5.25. The topological polar surface area (TPSA) is 69.6 Å². The quantitative estimate of drug-likeness (QED) is 0.772. The zero-order chi connectivity index (χ0) is 12.8. The molecule has 0 aromatic carbocycles. The fourth-order valence-electron chi connectivity index (χ4n) is 2.28. The number of rotatable bonds is 5. The predicted molar refractivity (Wildman–Crippen MR) is 64.9 cm³/mol. The molecule has 0 aromatic heterocycles. The second-order valence-corrected chi connectivity index (χ2v) is 4.72. The average Bonchev–Trinajstić information content (AvgIpc) is 2.63. The van der Waals surface area contributed by atoms with Gasteiger partial charge in [0, 0.05) is 18.6 Å². The fraction of sp³-hybridized carbons (Fsp3) is 0.833. The summed E-state index contributed by atoms with van der Waals surface area (Å²) in [5.74, 6) is -0.863. The highest BCUT2D eigenvalue weighted by Crippen LogP contribution is 2.16. The lowest BCUT2D eigenvalue weighted by molar-refractivity contribution is -0.137. The number of carboxylic acids is 1. The van der Waals surface area contributed by atoms with Gasteiger partial charge in [-0.3, -0.25) is 4.79 Å². The minimum absolute atomic E-state index is 0.00179. The summed E-state index contributed by atoms with van der Waals surface area (Å²) in [6.07, 6.45) is 3.65. The van der Waals surface area contributed by atoms with E-state index in [0.29, 0.717) is 6.42 Å². The third-order valence-electron chi connectivity index (χ3n) is 3.20. The highest BCUT2D eigenvalue weighted by Gasteiger charge is 2.26. The summed E-state index contributed by atoms with van der Waals surface area (Å²) in [4.78, 5) is 24.4. The van der Waals surface area contributed by atoms with Crippen LogP contribution in [0.1, 0.15) is 46.0 Å². The second kappa shape index (κ2) is 6.47. The number of carbonyl (C=O) groups excluding carboxylic acids is 1. The van der Waals surface area contributed by atoms with E-state index in [4.69, 9.17) is 5.11 Å². The van der Waals surface area contributed by atoms with Crippen LogP contribution in [0.25, 0.3) is 0 Å². The van der Waals surface area contributed by atoms with Crippen LogP contribution in [0, 0.1) is 0 Å². The number of nitrogens with zero attached hydrogens (tertiary/aromatic N) is 1. The third kappa shape index (κ3) is 4.24. The molecule has 0 radical (unpaired) electrons. The molecular weight excluding hydrogens is 220 g/mol. The van der Waals surface area contributed by atoms with Gasteiger partial charge in [0.25, 0.3) is 0 Å². The van der Waals surface area contributed by atoms with Gasteiger partial charge in [-0.2, -0.15) is 0 Å². The molecule has 17 heavy (non-hydrogen) atoms. The van der Waals surface area contributed by atoms with Crippen LogP contribution in [-0.4, -0.2) is 40.6 Å². The second-order valence-electron chi connectivity index (χ2n) is 4.72. The molecule has 0 spiro atoms. The van der Waals surface area contributed by atoms with Gasteiger partial charge in [-0.05, 0) is 26.2 Å². The van der Waals surface area contributed by atoms with Crippen molar-refractivity contribution < 1.29 is 14.7 Å². The first-order chi connectivity index (χ1) is 8.04. The Labute approximate surface area is 102 Å². The smallest absolute Gasteiger partial charge is 0.317 e. The molecule has 0 bridgehead atoms. The van der Waals surface area contributed by atoms with Crippen LogP contribution in [0.5, 0.6) is 0 Å². The summed E-state index contributed by atoms with van der Waals surface area (Å²) in [6.45, 7) is 4.79. The molecule has 1 heterocycles. The summed E-state index contributed by atoms with van der Waals surface area (Å²) >= 11 is 0. The number of carbonyl (C=O) groups is 2. The van der Waals surface area contributed by atoms with Crippen molar-refractivity contribution in [1.29, 1.82) is 0 Å². The van der Waals surface area contributed by atoms with Gasteiger partial charge in [0.05, 0.1) is 6.42 Å². The van der Waals surface area contributed by atoms with E-state index in [1.807, 2.05) is 13.8 Å². The Bertz CT molecular complexity index is 281. The van der Waals surface area contributed by atoms with Crippen LogP contribution < -0.4 is 5.32 Å². The third-order valence-corrected chi connectivity index (χ3v) is 3.20. The Hall–Kier alpha value is -1.26. The van der Waals surface area contributed by atoms with Crippen LogP contribution in [0.4, 0.5) is 4.79 Å². The van der Waals surface area contributed by atoms with Gasteiger partial charge in [0.2, 0.25) is 0 Å². The summed E-state index contributed by atoms with van der Waals surface area (Å²) in [5.41, 5.74) is 0. The van der Waals surface area contributed by atoms with Crippen LogP contribution in [-0.2, 0) is 4.79 Å². The van der Waals surface area contributed by atoms with E-state index in [0.717, 1.165) is 25.8 Å². The van der Waals surface area contributed by atoms with Gasteiger partial charge in [-0.15, -0.1) is 0 Å². The Morgan fingerprint density at radius 1 is 1.53 bits per heavy atom. The molecule has 2 unspecified atom stereocenters. The molecule has 1 aliphatic rings. The maximum absolute atomic E-state index is 11.9. The standard InChI is InChI=1S/C12H22N2O3/c1-3-5-10(8-11(15)16)13-12(17)14-7-4-6-9(14)2/h9-10H,3-8H2,1-2H3,(H,13,17)(H,15,16). The maximum Gasteiger partial charge on any atom is 0.317 e. The first-order valence-electron chi connectivity index (χ1n) is 6.33. The number of hydrogen-bond donors (Lipinski definition) is 2. The summed E-state index contributed by atoms with van der Waals surface area (Å²) in [6, 6.07) is -0.102. The minimum atomic E-state index is -0.863. The number of aliphatic carboxylic acids is 1. The number of urea groups is 1. The summed E-state index contributed by atoms with van der Waals surface area (Å²) in [5, 5.41) is 11.6. The zero-order valence-electron chi connectivity index (χ0n) is 10.6. The molecule has 0 aromatic rings. The summed E-state index contributed by atoms with van der Waals surface area (Å²) < 4.78 is 0. The molecule has 2 amide bonds. The molecule has 1 saturated heterocycles. The van der Waals surface area contributed by atoms with Crippen molar-refractivity contribution in [2.75, 3.05) is 6.54 Å². The van der Waals surface area contributed by atoms with Crippen molar-refractivity contribution in [2.45, 2.75) is 58.0 Å². The van der Waals surface area contributed by atoms with E-state index in [2.05, 4.69) is 5.32 Å². The molecule has 0 aliphatic carbocycles. The molecule has 98 valence electrons. The highest BCUT2D eigenvalue weighted by atomic mass is 16.4. The number of likely N-dealkylation sites (tertiary alicyclic amines) is 1. The first kappa shape index (κ1) is 13.8. The molecule has 5 heteroatoms. The van der Waals surface area contributed by atoms with Crippen LogP contribution in [0.15, 0.2) is 0 Å².